The second-order valence-corrected chi connectivity index (χ2v) is 7.86. The van der Waals surface area contributed by atoms with Crippen LogP contribution < -0.4 is 16.6 Å². The summed E-state index contributed by atoms with van der Waals surface area (Å²) < 4.78 is 21.2. The van der Waals surface area contributed by atoms with Gasteiger partial charge in [0.1, 0.15) is 23.6 Å². The third kappa shape index (κ3) is 3.69. The van der Waals surface area contributed by atoms with Gasteiger partial charge in [0, 0.05) is 29.3 Å². The molecule has 0 aliphatic carbocycles. The van der Waals surface area contributed by atoms with Gasteiger partial charge in [-0.2, -0.15) is 0 Å². The molecule has 0 aliphatic heterocycles. The van der Waals surface area contributed by atoms with Crippen molar-refractivity contribution in [2.75, 3.05) is 11.1 Å². The number of nitrogens with two attached hydrogens (primary N) is 1. The molecule has 3 heterocycles. The number of hydrogen-bond acceptors (Lipinski definition) is 6. The summed E-state index contributed by atoms with van der Waals surface area (Å²) in [5.74, 6) is -0.0438. The highest BCUT2D eigenvalue weighted by Gasteiger charge is 2.22. The summed E-state index contributed by atoms with van der Waals surface area (Å²) in [7, 11) is 0. The van der Waals surface area contributed by atoms with Crippen molar-refractivity contribution >= 4 is 22.3 Å². The lowest BCUT2D eigenvalue weighted by Gasteiger charge is -2.24. The minimum absolute atomic E-state index is 0.0512. The van der Waals surface area contributed by atoms with E-state index in [4.69, 9.17) is 10.3 Å². The molecule has 5 aromatic rings. The van der Waals surface area contributed by atoms with Gasteiger partial charge in [-0.3, -0.25) is 9.36 Å². The van der Waals surface area contributed by atoms with E-state index in [0.29, 0.717) is 46.0 Å². The first kappa shape index (κ1) is 21.4. The number of fused-ring (bicyclic) bond motifs is 1. The number of para-hydroxylation sites is 1. The van der Waals surface area contributed by atoms with E-state index >= 15 is 0 Å². The Hall–Kier alpha value is -4.46. The minimum atomic E-state index is -0.550. The summed E-state index contributed by atoms with van der Waals surface area (Å²) in [6.45, 7) is 2.00. The number of halogens is 1. The third-order valence-electron chi connectivity index (χ3n) is 5.79. The lowest BCUT2D eigenvalue weighted by molar-refractivity contribution is 0.422. The molecule has 3 aromatic heterocycles. The van der Waals surface area contributed by atoms with Crippen LogP contribution in [0.5, 0.6) is 0 Å². The number of pyridine rings is 2. The monoisotopic (exact) mass is 455 g/mol. The number of nitrogens with zero attached hydrogens (tertiary/aromatic N) is 3. The molecule has 0 unspecified atom stereocenters. The van der Waals surface area contributed by atoms with Crippen LogP contribution in [-0.2, 0) is 0 Å². The zero-order valence-corrected chi connectivity index (χ0v) is 18.4. The van der Waals surface area contributed by atoms with Crippen LogP contribution in [0, 0.1) is 5.82 Å². The van der Waals surface area contributed by atoms with Crippen molar-refractivity contribution in [1.29, 1.82) is 0 Å². The van der Waals surface area contributed by atoms with Gasteiger partial charge in [0.2, 0.25) is 0 Å². The lowest BCUT2D eigenvalue weighted by Crippen LogP contribution is -2.27. The Bertz CT molecular complexity index is 1510. The molecule has 0 radical (unpaired) electrons. The topological polar surface area (TPSA) is 99.0 Å². The van der Waals surface area contributed by atoms with Crippen LogP contribution in [0.15, 0.2) is 88.5 Å². The SMILES string of the molecule is CC[C@H](Nc1nccc(N)c1-c1ccon1)c1cc2cccc(F)c2c(=O)n1-c1ccccc1. The first-order valence-electron chi connectivity index (χ1n) is 10.9. The fraction of sp³-hybridized carbons (Fsp3) is 0.115. The van der Waals surface area contributed by atoms with E-state index in [-0.39, 0.29) is 11.4 Å². The van der Waals surface area contributed by atoms with E-state index in [9.17, 15) is 9.18 Å². The summed E-state index contributed by atoms with van der Waals surface area (Å²) in [6.07, 6.45) is 3.68. The summed E-state index contributed by atoms with van der Waals surface area (Å²) in [6, 6.07) is 18.7. The van der Waals surface area contributed by atoms with Gasteiger partial charge in [-0.1, -0.05) is 42.4 Å². The van der Waals surface area contributed by atoms with E-state index < -0.39 is 11.4 Å². The van der Waals surface area contributed by atoms with Crippen molar-refractivity contribution in [3.05, 3.63) is 101 Å². The van der Waals surface area contributed by atoms with Crippen LogP contribution in [0.25, 0.3) is 27.7 Å². The quantitative estimate of drug-likeness (QED) is 0.359. The van der Waals surface area contributed by atoms with Crippen molar-refractivity contribution in [3.63, 3.8) is 0 Å². The number of rotatable bonds is 6. The molecule has 0 spiro atoms. The maximum atomic E-state index is 14.7. The number of nitrogens with one attached hydrogen (secondary N) is 1. The van der Waals surface area contributed by atoms with Crippen LogP contribution in [0.4, 0.5) is 15.9 Å². The molecule has 8 heteroatoms. The molecule has 0 fully saturated rings. The summed E-state index contributed by atoms with van der Waals surface area (Å²) in [4.78, 5) is 18.1. The Labute approximate surface area is 194 Å². The van der Waals surface area contributed by atoms with Gasteiger partial charge in [-0.05, 0) is 42.1 Å². The smallest absolute Gasteiger partial charge is 0.266 e. The van der Waals surface area contributed by atoms with Crippen LogP contribution in [-0.4, -0.2) is 14.7 Å². The molecule has 7 nitrogen and oxygen atoms in total. The maximum absolute atomic E-state index is 14.7. The molecule has 34 heavy (non-hydrogen) atoms. The van der Waals surface area contributed by atoms with Crippen molar-refractivity contribution in [3.8, 4) is 16.9 Å². The molecule has 0 bridgehead atoms. The Morgan fingerprint density at radius 3 is 2.68 bits per heavy atom. The molecule has 3 N–H and O–H groups in total. The molecule has 2 aromatic carbocycles. The highest BCUT2D eigenvalue weighted by Crippen LogP contribution is 2.34. The molecule has 0 saturated carbocycles. The lowest BCUT2D eigenvalue weighted by atomic mass is 10.0. The van der Waals surface area contributed by atoms with Gasteiger partial charge in [0.25, 0.3) is 5.56 Å². The predicted molar refractivity (Wildman–Crippen MR) is 130 cm³/mol. The highest BCUT2D eigenvalue weighted by molar-refractivity contribution is 5.85. The zero-order chi connectivity index (χ0) is 23.7. The first-order valence-corrected chi connectivity index (χ1v) is 10.9. The molecule has 0 amide bonds. The highest BCUT2D eigenvalue weighted by atomic mass is 19.1. The van der Waals surface area contributed by atoms with Gasteiger partial charge in [-0.25, -0.2) is 9.37 Å². The first-order chi connectivity index (χ1) is 16.6. The van der Waals surface area contributed by atoms with Crippen LogP contribution in [0.2, 0.25) is 0 Å². The Morgan fingerprint density at radius 1 is 1.12 bits per heavy atom. The largest absolute Gasteiger partial charge is 0.398 e. The molecule has 170 valence electrons. The summed E-state index contributed by atoms with van der Waals surface area (Å²) >= 11 is 0. The molecule has 5 rings (SSSR count). The fourth-order valence-corrected chi connectivity index (χ4v) is 4.19. The number of benzene rings is 2. The van der Waals surface area contributed by atoms with E-state index in [1.165, 1.54) is 12.3 Å². The number of nitrogen functional groups attached to an aromatic ring is 1. The zero-order valence-electron chi connectivity index (χ0n) is 18.4. The van der Waals surface area contributed by atoms with Gasteiger partial charge in [-0.15, -0.1) is 0 Å². The predicted octanol–water partition coefficient (Wildman–Crippen LogP) is 5.33. The van der Waals surface area contributed by atoms with Crippen molar-refractivity contribution < 1.29 is 8.91 Å². The Kier molecular flexibility index (Phi) is 5.55. The third-order valence-corrected chi connectivity index (χ3v) is 5.79. The van der Waals surface area contributed by atoms with Crippen molar-refractivity contribution in [1.82, 2.24) is 14.7 Å². The van der Waals surface area contributed by atoms with Gasteiger partial charge in [0.05, 0.1) is 17.0 Å². The molecular formula is C26H22FN5O2. The summed E-state index contributed by atoms with van der Waals surface area (Å²) in [5.41, 5.74) is 8.78. The normalized spacial score (nSPS) is 12.1. The number of aromatic nitrogens is 3. The Morgan fingerprint density at radius 2 is 1.94 bits per heavy atom. The van der Waals surface area contributed by atoms with Crippen LogP contribution >= 0.6 is 0 Å². The van der Waals surface area contributed by atoms with E-state index in [0.717, 1.165) is 0 Å². The number of hydrogen-bond donors (Lipinski definition) is 2. The second kappa shape index (κ2) is 8.82. The molecule has 0 aliphatic rings. The van der Waals surface area contributed by atoms with E-state index in [1.807, 2.05) is 43.3 Å². The average Bonchev–Trinajstić information content (AvgIpc) is 3.37. The van der Waals surface area contributed by atoms with E-state index in [2.05, 4.69) is 15.5 Å². The molecule has 0 saturated heterocycles. The van der Waals surface area contributed by atoms with Crippen molar-refractivity contribution in [2.45, 2.75) is 19.4 Å². The maximum Gasteiger partial charge on any atom is 0.266 e. The van der Waals surface area contributed by atoms with Gasteiger partial charge in [0.15, 0.2) is 0 Å². The fourth-order valence-electron chi connectivity index (χ4n) is 4.19. The second-order valence-electron chi connectivity index (χ2n) is 7.86. The van der Waals surface area contributed by atoms with Gasteiger partial charge >= 0.3 is 0 Å². The number of anilines is 2. The van der Waals surface area contributed by atoms with Crippen LogP contribution in [0.3, 0.4) is 0 Å². The standard InChI is InChI=1S/C26H22FN5O2/c1-2-20(30-25-24(19(28)11-13-29-25)21-12-14-34-31-21)22-15-16-7-6-10-18(27)23(16)26(33)32(22)17-8-4-3-5-9-17/h3-15,20H,2H2,1H3,(H3,28,29,30)/t20-/m0/s1. The molecule has 1 atom stereocenters. The minimum Gasteiger partial charge on any atom is -0.398 e. The summed E-state index contributed by atoms with van der Waals surface area (Å²) in [5, 5.41) is 8.03. The van der Waals surface area contributed by atoms with Crippen molar-refractivity contribution in [2.24, 2.45) is 0 Å². The Balaban J connectivity index is 1.71. The van der Waals surface area contributed by atoms with E-state index in [1.54, 1.807) is 35.0 Å². The van der Waals surface area contributed by atoms with Crippen LogP contribution in [0.1, 0.15) is 25.1 Å². The average molecular weight is 455 g/mol. The van der Waals surface area contributed by atoms with Gasteiger partial charge < -0.3 is 15.6 Å². The molecular weight excluding hydrogens is 433 g/mol.